The molecule has 2 aromatic rings. The van der Waals surface area contributed by atoms with Crippen molar-refractivity contribution in [3.8, 4) is 5.69 Å². The normalized spacial score (nSPS) is 19.2. The highest BCUT2D eigenvalue weighted by Gasteiger charge is 2.52. The lowest BCUT2D eigenvalue weighted by Crippen LogP contribution is -2.61. The van der Waals surface area contributed by atoms with E-state index in [1.807, 2.05) is 28.3 Å². The summed E-state index contributed by atoms with van der Waals surface area (Å²) in [6.45, 7) is 6.13. The lowest BCUT2D eigenvalue weighted by molar-refractivity contribution is -0.676. The molecule has 3 heterocycles. The number of aromatic nitrogens is 2. The fourth-order valence-electron chi connectivity index (χ4n) is 3.45. The predicted molar refractivity (Wildman–Crippen MR) is 92.2 cm³/mol. The van der Waals surface area contributed by atoms with Crippen molar-refractivity contribution in [2.75, 3.05) is 14.1 Å². The predicted octanol–water partition coefficient (Wildman–Crippen LogP) is 1.80. The van der Waals surface area contributed by atoms with Crippen LogP contribution in [0.1, 0.15) is 22.9 Å². The lowest BCUT2D eigenvalue weighted by atomic mass is 10.1. The summed E-state index contributed by atoms with van der Waals surface area (Å²) in [5.74, 6) is 0.868. The molecule has 0 spiro atoms. The van der Waals surface area contributed by atoms with Crippen molar-refractivity contribution in [2.24, 2.45) is 4.99 Å². The van der Waals surface area contributed by atoms with Crippen molar-refractivity contribution in [3.05, 3.63) is 41.2 Å². The highest BCUT2D eigenvalue weighted by atomic mass is 16.2. The molecule has 7 heteroatoms. The van der Waals surface area contributed by atoms with Crippen LogP contribution in [0.4, 0.5) is 10.7 Å². The number of rotatable bonds is 1. The van der Waals surface area contributed by atoms with Crippen LogP contribution < -0.4 is 4.57 Å². The minimum atomic E-state index is -0.589. The van der Waals surface area contributed by atoms with Gasteiger partial charge >= 0.3 is 12.0 Å². The number of amides is 3. The van der Waals surface area contributed by atoms with E-state index in [-0.39, 0.29) is 11.9 Å². The fraction of sp³-hybridized carbons (Fsp3) is 0.333. The maximum Gasteiger partial charge on any atom is 0.406 e. The summed E-state index contributed by atoms with van der Waals surface area (Å²) in [6, 6.07) is 5.27. The number of aryl methyl sites for hydroxylation is 3. The molecule has 128 valence electrons. The number of urea groups is 1. The van der Waals surface area contributed by atoms with Gasteiger partial charge in [0.15, 0.2) is 0 Å². The molecule has 1 atom stereocenters. The summed E-state index contributed by atoms with van der Waals surface area (Å²) in [5.41, 5.74) is 4.39. The van der Waals surface area contributed by atoms with E-state index >= 15 is 0 Å². The molecule has 1 aromatic carbocycles. The quantitative estimate of drug-likeness (QED) is 0.745. The topological polar surface area (TPSA) is 61.8 Å². The fourth-order valence-corrected chi connectivity index (χ4v) is 3.45. The number of fused-ring (bicyclic) bond motifs is 3. The molecule has 1 fully saturated rings. The van der Waals surface area contributed by atoms with Crippen LogP contribution >= 0.6 is 0 Å². The molecule has 3 amide bonds. The number of carbonyl (C=O) groups is 2. The molecular weight excluding hydrogens is 318 g/mol. The Labute approximate surface area is 145 Å². The Bertz CT molecular complexity index is 972. The van der Waals surface area contributed by atoms with Crippen LogP contribution in [-0.4, -0.2) is 46.2 Å². The van der Waals surface area contributed by atoms with E-state index in [0.29, 0.717) is 11.8 Å². The first-order valence-corrected chi connectivity index (χ1v) is 8.16. The summed E-state index contributed by atoms with van der Waals surface area (Å²) >= 11 is 0. The molecule has 0 aliphatic carbocycles. The summed E-state index contributed by atoms with van der Waals surface area (Å²) in [4.78, 5) is 32.1. The van der Waals surface area contributed by atoms with Crippen LogP contribution in [0.2, 0.25) is 0 Å². The van der Waals surface area contributed by atoms with Crippen molar-refractivity contribution in [2.45, 2.75) is 26.8 Å². The molecule has 4 rings (SSSR count). The number of hydrogen-bond acceptors (Lipinski definition) is 3. The number of amidine groups is 1. The second kappa shape index (κ2) is 5.02. The van der Waals surface area contributed by atoms with Crippen LogP contribution in [0, 0.1) is 20.8 Å². The van der Waals surface area contributed by atoms with Gasteiger partial charge in [-0.05, 0) is 44.0 Å². The van der Waals surface area contributed by atoms with E-state index in [2.05, 4.69) is 31.0 Å². The Kier molecular flexibility index (Phi) is 3.12. The van der Waals surface area contributed by atoms with E-state index in [9.17, 15) is 9.59 Å². The number of carbonyl (C=O) groups excluding carboxylic acids is 2. The van der Waals surface area contributed by atoms with Gasteiger partial charge in [0, 0.05) is 14.1 Å². The Morgan fingerprint density at radius 2 is 1.76 bits per heavy atom. The Morgan fingerprint density at radius 3 is 2.44 bits per heavy atom. The van der Waals surface area contributed by atoms with Crippen LogP contribution in [0.5, 0.6) is 0 Å². The summed E-state index contributed by atoms with van der Waals surface area (Å²) < 4.78 is 3.87. The van der Waals surface area contributed by atoms with Crippen molar-refractivity contribution in [3.63, 3.8) is 0 Å². The average Bonchev–Trinajstić information content (AvgIpc) is 3.08. The average molecular weight is 338 g/mol. The van der Waals surface area contributed by atoms with E-state index < -0.39 is 6.04 Å². The first kappa shape index (κ1) is 15.6. The number of nitrogens with zero attached hydrogens (tertiary/aromatic N) is 5. The molecule has 25 heavy (non-hydrogen) atoms. The second-order valence-electron chi connectivity index (χ2n) is 6.69. The molecule has 1 saturated heterocycles. The molecule has 2 aliphatic rings. The first-order valence-electron chi connectivity index (χ1n) is 8.16. The maximum absolute atomic E-state index is 12.6. The zero-order valence-electron chi connectivity index (χ0n) is 14.9. The molecule has 0 N–H and O–H groups in total. The first-order chi connectivity index (χ1) is 11.8. The van der Waals surface area contributed by atoms with Gasteiger partial charge in [-0.1, -0.05) is 11.1 Å². The van der Waals surface area contributed by atoms with Gasteiger partial charge in [-0.3, -0.25) is 14.6 Å². The standard InChI is InChI=1S/C18H20N5O2/c1-10-6-7-13(8-11(10)2)23-12(3)9-22-14-15(19-17(22)23)20(4)18(25)21(5)16(14)24/h6-9,14H,1-5H3/q+1. The van der Waals surface area contributed by atoms with Gasteiger partial charge in [-0.25, -0.2) is 9.36 Å². The number of likely N-dealkylation sites (N-methyl/N-ethyl adjacent to an activating group) is 2. The van der Waals surface area contributed by atoms with Gasteiger partial charge in [0.05, 0.1) is 0 Å². The number of benzene rings is 1. The number of aliphatic imine (C=N–C) groups is 1. The number of hydrogen-bond donors (Lipinski definition) is 0. The molecule has 1 unspecified atom stereocenters. The Morgan fingerprint density at radius 1 is 1.04 bits per heavy atom. The van der Waals surface area contributed by atoms with E-state index in [1.54, 1.807) is 7.05 Å². The number of imidazole rings is 1. The number of imide groups is 1. The third kappa shape index (κ3) is 1.98. The van der Waals surface area contributed by atoms with E-state index in [1.165, 1.54) is 23.1 Å². The van der Waals surface area contributed by atoms with E-state index in [0.717, 1.165) is 16.3 Å². The maximum atomic E-state index is 12.6. The Hall–Kier alpha value is -2.96. The minimum Gasteiger partial charge on any atom is -0.270 e. The van der Waals surface area contributed by atoms with Crippen LogP contribution in [-0.2, 0) is 4.79 Å². The van der Waals surface area contributed by atoms with Crippen molar-refractivity contribution >= 4 is 23.7 Å². The third-order valence-electron chi connectivity index (χ3n) is 5.08. The van der Waals surface area contributed by atoms with Crippen molar-refractivity contribution in [1.29, 1.82) is 0 Å². The third-order valence-corrected chi connectivity index (χ3v) is 5.08. The highest BCUT2D eigenvalue weighted by Crippen LogP contribution is 2.31. The van der Waals surface area contributed by atoms with Crippen LogP contribution in [0.25, 0.3) is 5.69 Å². The zero-order chi connectivity index (χ0) is 18.0. The van der Waals surface area contributed by atoms with Gasteiger partial charge < -0.3 is 0 Å². The molecular formula is C18H20N5O2+. The second-order valence-corrected chi connectivity index (χ2v) is 6.69. The SMILES string of the molecule is Cc1ccc(-n2c(C)c[n+]3c2N=C2C3C(=O)N(C)C(=O)N2C)cc1C. The molecule has 0 saturated carbocycles. The van der Waals surface area contributed by atoms with Gasteiger partial charge in [0.2, 0.25) is 11.9 Å². The van der Waals surface area contributed by atoms with Crippen molar-refractivity contribution in [1.82, 2.24) is 14.4 Å². The van der Waals surface area contributed by atoms with Gasteiger partial charge in [0.25, 0.3) is 5.91 Å². The molecule has 0 radical (unpaired) electrons. The summed E-state index contributed by atoms with van der Waals surface area (Å²) in [6.07, 6.45) is 1.92. The van der Waals surface area contributed by atoms with Crippen LogP contribution in [0.3, 0.4) is 0 Å². The molecule has 0 bridgehead atoms. The zero-order valence-corrected chi connectivity index (χ0v) is 14.9. The largest absolute Gasteiger partial charge is 0.406 e. The molecule has 7 nitrogen and oxygen atoms in total. The monoisotopic (exact) mass is 338 g/mol. The lowest BCUT2D eigenvalue weighted by Gasteiger charge is -2.30. The van der Waals surface area contributed by atoms with Gasteiger partial charge in [0.1, 0.15) is 17.6 Å². The molecule has 1 aromatic heterocycles. The smallest absolute Gasteiger partial charge is 0.270 e. The van der Waals surface area contributed by atoms with Gasteiger partial charge in [-0.2, -0.15) is 4.57 Å². The minimum absolute atomic E-state index is 0.261. The Balaban J connectivity index is 1.91. The molecule has 2 aliphatic heterocycles. The van der Waals surface area contributed by atoms with Crippen molar-refractivity contribution < 1.29 is 14.2 Å². The summed E-state index contributed by atoms with van der Waals surface area (Å²) in [5, 5.41) is 0. The van der Waals surface area contributed by atoms with Gasteiger partial charge in [-0.15, -0.1) is 0 Å². The van der Waals surface area contributed by atoms with E-state index in [4.69, 9.17) is 0 Å². The van der Waals surface area contributed by atoms with Crippen LogP contribution in [0.15, 0.2) is 29.4 Å². The highest BCUT2D eigenvalue weighted by molar-refractivity contribution is 6.18. The summed E-state index contributed by atoms with van der Waals surface area (Å²) in [7, 11) is 3.15.